The van der Waals surface area contributed by atoms with Crippen molar-refractivity contribution in [3.8, 4) is 0 Å². The molecule has 0 unspecified atom stereocenters. The lowest BCUT2D eigenvalue weighted by Gasteiger charge is -2.15. The van der Waals surface area contributed by atoms with Gasteiger partial charge in [0, 0.05) is 0 Å². The number of benzene rings is 1. The van der Waals surface area contributed by atoms with E-state index in [1.807, 2.05) is 12.1 Å². The van der Waals surface area contributed by atoms with Gasteiger partial charge >= 0.3 is 0 Å². The number of nitrogens with one attached hydrogen (secondary N) is 1. The van der Waals surface area contributed by atoms with Gasteiger partial charge in [0.1, 0.15) is 6.61 Å². The van der Waals surface area contributed by atoms with Crippen LogP contribution in [0.25, 0.3) is 0 Å². The zero-order valence-corrected chi connectivity index (χ0v) is 11.2. The molecule has 0 aliphatic heterocycles. The number of para-hydroxylation sites is 2. The van der Waals surface area contributed by atoms with E-state index < -0.39 is 0 Å². The zero-order chi connectivity index (χ0) is 13.5. The van der Waals surface area contributed by atoms with Crippen molar-refractivity contribution >= 4 is 17.3 Å². The molecule has 1 aromatic carbocycles. The lowest BCUT2D eigenvalue weighted by molar-refractivity contribution is -0.122. The lowest BCUT2D eigenvalue weighted by atomic mass is 10.1. The summed E-state index contributed by atoms with van der Waals surface area (Å²) in [4.78, 5) is 11.8. The standard InChI is InChI=1S/C15H22N2O2/c16-13-9-5-6-10-14(13)17-15(18)11-19-12-7-3-1-2-4-8-12/h5-6,9-10,12H,1-4,7-8,11,16H2,(H,17,18). The Morgan fingerprint density at radius 1 is 1.21 bits per heavy atom. The van der Waals surface area contributed by atoms with Gasteiger partial charge in [0.25, 0.3) is 0 Å². The van der Waals surface area contributed by atoms with Crippen molar-refractivity contribution in [2.24, 2.45) is 0 Å². The first-order valence-corrected chi connectivity index (χ1v) is 7.01. The Hall–Kier alpha value is -1.55. The Morgan fingerprint density at radius 2 is 1.89 bits per heavy atom. The molecule has 0 radical (unpaired) electrons. The minimum Gasteiger partial charge on any atom is -0.397 e. The van der Waals surface area contributed by atoms with Crippen LogP contribution in [0.3, 0.4) is 0 Å². The molecule has 104 valence electrons. The molecule has 0 spiro atoms. The van der Waals surface area contributed by atoms with Crippen LogP contribution >= 0.6 is 0 Å². The van der Waals surface area contributed by atoms with Crippen molar-refractivity contribution in [3.63, 3.8) is 0 Å². The van der Waals surface area contributed by atoms with E-state index in [0.29, 0.717) is 11.4 Å². The molecule has 1 amide bonds. The smallest absolute Gasteiger partial charge is 0.250 e. The molecule has 1 aliphatic rings. The second-order valence-electron chi connectivity index (χ2n) is 5.06. The maximum Gasteiger partial charge on any atom is 0.250 e. The molecule has 19 heavy (non-hydrogen) atoms. The summed E-state index contributed by atoms with van der Waals surface area (Å²) in [7, 11) is 0. The molecule has 0 bridgehead atoms. The van der Waals surface area contributed by atoms with Crippen molar-refractivity contribution in [1.29, 1.82) is 0 Å². The summed E-state index contributed by atoms with van der Waals surface area (Å²) >= 11 is 0. The predicted molar refractivity (Wildman–Crippen MR) is 76.9 cm³/mol. The monoisotopic (exact) mass is 262 g/mol. The number of rotatable bonds is 4. The van der Waals surface area contributed by atoms with Gasteiger partial charge in [-0.15, -0.1) is 0 Å². The van der Waals surface area contributed by atoms with Gasteiger partial charge in [-0.2, -0.15) is 0 Å². The van der Waals surface area contributed by atoms with Gasteiger partial charge in [-0.25, -0.2) is 0 Å². The van der Waals surface area contributed by atoms with Gasteiger partial charge in [-0.05, 0) is 25.0 Å². The molecule has 4 heteroatoms. The Labute approximate surface area is 114 Å². The molecule has 0 atom stereocenters. The largest absolute Gasteiger partial charge is 0.397 e. The summed E-state index contributed by atoms with van der Waals surface area (Å²) in [6.45, 7) is 0.110. The summed E-state index contributed by atoms with van der Waals surface area (Å²) in [5, 5.41) is 2.78. The fraction of sp³-hybridized carbons (Fsp3) is 0.533. The molecule has 3 N–H and O–H groups in total. The summed E-state index contributed by atoms with van der Waals surface area (Å²) in [6.07, 6.45) is 7.36. The molecule has 1 aliphatic carbocycles. The van der Waals surface area contributed by atoms with Crippen molar-refractivity contribution in [1.82, 2.24) is 0 Å². The van der Waals surface area contributed by atoms with Crippen molar-refractivity contribution in [2.45, 2.75) is 44.6 Å². The molecule has 0 heterocycles. The van der Waals surface area contributed by atoms with E-state index in [-0.39, 0.29) is 18.6 Å². The van der Waals surface area contributed by atoms with Gasteiger partial charge < -0.3 is 15.8 Å². The highest BCUT2D eigenvalue weighted by Gasteiger charge is 2.14. The number of hydrogen-bond donors (Lipinski definition) is 2. The zero-order valence-electron chi connectivity index (χ0n) is 11.2. The van der Waals surface area contributed by atoms with E-state index in [9.17, 15) is 4.79 Å². The topological polar surface area (TPSA) is 64.3 Å². The first-order chi connectivity index (χ1) is 9.25. The molecule has 0 aromatic heterocycles. The number of carbonyl (C=O) groups is 1. The number of anilines is 2. The number of nitrogen functional groups attached to an aromatic ring is 1. The molecule has 1 aromatic rings. The van der Waals surface area contributed by atoms with Crippen molar-refractivity contribution in [3.05, 3.63) is 24.3 Å². The Balaban J connectivity index is 1.76. The second kappa shape index (κ2) is 7.14. The molecule has 0 saturated heterocycles. The van der Waals surface area contributed by atoms with Crippen LogP contribution in [0.15, 0.2) is 24.3 Å². The van der Waals surface area contributed by atoms with Gasteiger partial charge in [0.2, 0.25) is 5.91 Å². The summed E-state index contributed by atoms with van der Waals surface area (Å²) < 4.78 is 5.68. The Morgan fingerprint density at radius 3 is 2.58 bits per heavy atom. The highest BCUT2D eigenvalue weighted by atomic mass is 16.5. The summed E-state index contributed by atoms with van der Waals surface area (Å²) in [6, 6.07) is 7.24. The number of hydrogen-bond acceptors (Lipinski definition) is 3. The third-order valence-electron chi connectivity index (χ3n) is 3.49. The van der Waals surface area contributed by atoms with Crippen LogP contribution in [-0.4, -0.2) is 18.6 Å². The normalized spacial score (nSPS) is 16.8. The van der Waals surface area contributed by atoms with Crippen LogP contribution in [-0.2, 0) is 9.53 Å². The molecule has 2 rings (SSSR count). The van der Waals surface area contributed by atoms with Gasteiger partial charge in [0.05, 0.1) is 17.5 Å². The first-order valence-electron chi connectivity index (χ1n) is 7.01. The summed E-state index contributed by atoms with van der Waals surface area (Å²) in [5.74, 6) is -0.137. The summed E-state index contributed by atoms with van der Waals surface area (Å²) in [5.41, 5.74) is 7.00. The van der Waals surface area contributed by atoms with E-state index in [1.165, 1.54) is 25.7 Å². The van der Waals surface area contributed by atoms with Crippen LogP contribution in [0.4, 0.5) is 11.4 Å². The minimum atomic E-state index is -0.137. The van der Waals surface area contributed by atoms with Crippen molar-refractivity contribution < 1.29 is 9.53 Å². The lowest BCUT2D eigenvalue weighted by Crippen LogP contribution is -2.23. The molecular weight excluding hydrogens is 240 g/mol. The van der Waals surface area contributed by atoms with Crippen molar-refractivity contribution in [2.75, 3.05) is 17.7 Å². The quantitative estimate of drug-likeness (QED) is 0.647. The van der Waals surface area contributed by atoms with Gasteiger partial charge in [0.15, 0.2) is 0 Å². The number of ether oxygens (including phenoxy) is 1. The van der Waals surface area contributed by atoms with Crippen LogP contribution in [0.5, 0.6) is 0 Å². The van der Waals surface area contributed by atoms with Crippen LogP contribution in [0.1, 0.15) is 38.5 Å². The molecule has 4 nitrogen and oxygen atoms in total. The predicted octanol–water partition coefficient (Wildman–Crippen LogP) is 2.95. The van der Waals surface area contributed by atoms with Gasteiger partial charge in [-0.1, -0.05) is 37.8 Å². The van der Waals surface area contributed by atoms with E-state index in [4.69, 9.17) is 10.5 Å². The fourth-order valence-electron chi connectivity index (χ4n) is 2.40. The number of carbonyl (C=O) groups excluding carboxylic acids is 1. The van der Waals surface area contributed by atoms with Crippen LogP contribution in [0, 0.1) is 0 Å². The molecular formula is C15H22N2O2. The highest BCUT2D eigenvalue weighted by molar-refractivity contribution is 5.94. The van der Waals surface area contributed by atoms with E-state index >= 15 is 0 Å². The third kappa shape index (κ3) is 4.56. The molecule has 1 fully saturated rings. The van der Waals surface area contributed by atoms with Crippen LogP contribution < -0.4 is 11.1 Å². The highest BCUT2D eigenvalue weighted by Crippen LogP contribution is 2.20. The fourth-order valence-corrected chi connectivity index (χ4v) is 2.40. The average molecular weight is 262 g/mol. The maximum absolute atomic E-state index is 11.8. The number of nitrogens with two attached hydrogens (primary N) is 1. The second-order valence-corrected chi connectivity index (χ2v) is 5.06. The van der Waals surface area contributed by atoms with E-state index in [0.717, 1.165) is 12.8 Å². The Kier molecular flexibility index (Phi) is 5.21. The Bertz CT molecular complexity index is 412. The minimum absolute atomic E-state index is 0.110. The average Bonchev–Trinajstić information content (AvgIpc) is 2.68. The van der Waals surface area contributed by atoms with Gasteiger partial charge in [-0.3, -0.25) is 4.79 Å². The van der Waals surface area contributed by atoms with Crippen LogP contribution in [0.2, 0.25) is 0 Å². The maximum atomic E-state index is 11.8. The van der Waals surface area contributed by atoms with E-state index in [1.54, 1.807) is 12.1 Å². The third-order valence-corrected chi connectivity index (χ3v) is 3.49. The van der Waals surface area contributed by atoms with E-state index in [2.05, 4.69) is 5.32 Å². The number of amides is 1. The first kappa shape index (κ1) is 13.9. The molecule has 1 saturated carbocycles. The SMILES string of the molecule is Nc1ccccc1NC(=O)COC1CCCCCC1.